The fourth-order valence-electron chi connectivity index (χ4n) is 3.56. The highest BCUT2D eigenvalue weighted by Crippen LogP contribution is 2.32. The smallest absolute Gasteiger partial charge is 0.405 e. The average Bonchev–Trinajstić information content (AvgIpc) is 3.04. The second-order valence-electron chi connectivity index (χ2n) is 6.95. The molecule has 0 bridgehead atoms. The number of halogens is 1. The molecule has 2 unspecified atom stereocenters. The number of hydrogen-bond acceptors (Lipinski definition) is 4. The molecular weight excluding hydrogens is 351 g/mol. The number of fused-ring (bicyclic) bond motifs is 1. The Balaban J connectivity index is 2.06. The van der Waals surface area contributed by atoms with Crippen LogP contribution in [0.4, 0.5) is 15.0 Å². The summed E-state index contributed by atoms with van der Waals surface area (Å²) in [6.45, 7) is 6.15. The van der Waals surface area contributed by atoms with E-state index in [0.717, 1.165) is 17.4 Å². The molecule has 0 saturated carbocycles. The Kier molecular flexibility index (Phi) is 5.16. The van der Waals surface area contributed by atoms with E-state index in [4.69, 9.17) is 10.1 Å². The molecule has 1 aromatic heterocycles. The van der Waals surface area contributed by atoms with Crippen molar-refractivity contribution in [1.29, 1.82) is 0 Å². The molecule has 0 radical (unpaired) electrons. The zero-order valence-electron chi connectivity index (χ0n) is 15.5. The number of nitrogens with zero attached hydrogens (tertiary/aromatic N) is 2. The summed E-state index contributed by atoms with van der Waals surface area (Å²) >= 11 is 0. The molecule has 1 fully saturated rings. The Morgan fingerprint density at radius 2 is 2.15 bits per heavy atom. The molecular formula is C19H23FN4O3. The number of hydrogen-bond donors (Lipinski definition) is 3. The summed E-state index contributed by atoms with van der Waals surface area (Å²) in [6.07, 6.45) is -0.358. The van der Waals surface area contributed by atoms with Crippen LogP contribution in [-0.4, -0.2) is 41.2 Å². The van der Waals surface area contributed by atoms with Gasteiger partial charge in [-0.15, -0.1) is 0 Å². The Labute approximate surface area is 156 Å². The van der Waals surface area contributed by atoms with Crippen molar-refractivity contribution >= 4 is 28.7 Å². The number of carbonyl (C=O) groups is 2. The molecule has 2 heterocycles. The van der Waals surface area contributed by atoms with E-state index in [1.54, 1.807) is 19.9 Å². The summed E-state index contributed by atoms with van der Waals surface area (Å²) in [5.41, 5.74) is 1.73. The first-order valence-corrected chi connectivity index (χ1v) is 8.87. The summed E-state index contributed by atoms with van der Waals surface area (Å²) in [6, 6.07) is 4.41. The summed E-state index contributed by atoms with van der Waals surface area (Å²) in [4.78, 5) is 29.2. The van der Waals surface area contributed by atoms with Crippen molar-refractivity contribution in [3.63, 3.8) is 0 Å². The lowest BCUT2D eigenvalue weighted by atomic mass is 10.0. The van der Waals surface area contributed by atoms with E-state index >= 15 is 0 Å². The minimum Gasteiger partial charge on any atom is -0.465 e. The molecule has 0 aliphatic carbocycles. The highest BCUT2D eigenvalue weighted by molar-refractivity contribution is 5.85. The van der Waals surface area contributed by atoms with Crippen LogP contribution in [0.5, 0.6) is 0 Å². The molecule has 0 spiro atoms. The maximum Gasteiger partial charge on any atom is 0.405 e. The fraction of sp³-hybridized carbons (Fsp3) is 0.421. The van der Waals surface area contributed by atoms with Crippen LogP contribution < -0.4 is 15.5 Å². The molecule has 2 atom stereocenters. The van der Waals surface area contributed by atoms with Gasteiger partial charge in [0.2, 0.25) is 5.91 Å². The van der Waals surface area contributed by atoms with E-state index in [1.807, 2.05) is 11.0 Å². The molecule has 1 saturated heterocycles. The van der Waals surface area contributed by atoms with E-state index in [-0.39, 0.29) is 17.8 Å². The first kappa shape index (κ1) is 18.9. The van der Waals surface area contributed by atoms with Crippen LogP contribution >= 0.6 is 0 Å². The number of anilines is 1. The molecule has 3 N–H and O–H groups in total. The number of aromatic nitrogens is 1. The van der Waals surface area contributed by atoms with Gasteiger partial charge in [-0.05, 0) is 38.5 Å². The highest BCUT2D eigenvalue weighted by Gasteiger charge is 2.28. The van der Waals surface area contributed by atoms with Crippen LogP contribution in [-0.2, 0) is 4.79 Å². The van der Waals surface area contributed by atoms with Crippen molar-refractivity contribution in [2.24, 2.45) is 0 Å². The quantitative estimate of drug-likeness (QED) is 0.765. The number of carboxylic acid groups (broad SMARTS) is 1. The lowest BCUT2D eigenvalue weighted by molar-refractivity contribution is -0.119. The van der Waals surface area contributed by atoms with Crippen molar-refractivity contribution in [2.75, 3.05) is 18.0 Å². The van der Waals surface area contributed by atoms with Gasteiger partial charge in [-0.1, -0.05) is 0 Å². The van der Waals surface area contributed by atoms with Crippen LogP contribution in [0.3, 0.4) is 0 Å². The van der Waals surface area contributed by atoms with Gasteiger partial charge in [-0.3, -0.25) is 4.79 Å². The predicted octanol–water partition coefficient (Wildman–Crippen LogP) is 2.73. The van der Waals surface area contributed by atoms with Gasteiger partial charge in [-0.25, -0.2) is 14.2 Å². The zero-order chi connectivity index (χ0) is 19.7. The number of pyridine rings is 1. The van der Waals surface area contributed by atoms with E-state index in [1.165, 1.54) is 13.0 Å². The van der Waals surface area contributed by atoms with Gasteiger partial charge in [0.15, 0.2) is 0 Å². The zero-order valence-corrected chi connectivity index (χ0v) is 15.5. The Hall–Kier alpha value is -2.90. The third-order valence-corrected chi connectivity index (χ3v) is 4.88. The molecule has 1 aliphatic rings. The van der Waals surface area contributed by atoms with Crippen molar-refractivity contribution < 1.29 is 19.1 Å². The lowest BCUT2D eigenvalue weighted by Gasteiger charge is -2.25. The van der Waals surface area contributed by atoms with Gasteiger partial charge in [0.25, 0.3) is 0 Å². The van der Waals surface area contributed by atoms with E-state index in [0.29, 0.717) is 30.0 Å². The van der Waals surface area contributed by atoms with Gasteiger partial charge < -0.3 is 20.6 Å². The maximum atomic E-state index is 14.0. The summed E-state index contributed by atoms with van der Waals surface area (Å²) in [5.74, 6) is 0.195. The van der Waals surface area contributed by atoms with Crippen LogP contribution in [0.1, 0.15) is 37.4 Å². The summed E-state index contributed by atoms with van der Waals surface area (Å²) < 4.78 is 14.0. The minimum absolute atomic E-state index is 0.00388. The van der Waals surface area contributed by atoms with Gasteiger partial charge in [0, 0.05) is 42.6 Å². The van der Waals surface area contributed by atoms with Crippen molar-refractivity contribution in [3.8, 4) is 0 Å². The molecule has 7 nitrogen and oxygen atoms in total. The summed E-state index contributed by atoms with van der Waals surface area (Å²) in [7, 11) is 0. The SMILES string of the molecule is CC(=O)NC1CCN(c2nc3c(C)c(F)ccc3cc2C(C)NC(=O)O)C1. The van der Waals surface area contributed by atoms with Gasteiger partial charge in [0.05, 0.1) is 11.6 Å². The second-order valence-corrected chi connectivity index (χ2v) is 6.95. The number of rotatable bonds is 4. The molecule has 144 valence electrons. The fourth-order valence-corrected chi connectivity index (χ4v) is 3.56. The second kappa shape index (κ2) is 7.38. The van der Waals surface area contributed by atoms with Crippen molar-refractivity contribution in [3.05, 3.63) is 35.1 Å². The van der Waals surface area contributed by atoms with Crippen LogP contribution in [0.2, 0.25) is 0 Å². The van der Waals surface area contributed by atoms with Gasteiger partial charge in [0.1, 0.15) is 11.6 Å². The maximum absolute atomic E-state index is 14.0. The highest BCUT2D eigenvalue weighted by atomic mass is 19.1. The number of aryl methyl sites for hydroxylation is 1. The van der Waals surface area contributed by atoms with E-state index in [9.17, 15) is 14.0 Å². The van der Waals surface area contributed by atoms with Crippen LogP contribution in [0.25, 0.3) is 10.9 Å². The third-order valence-electron chi connectivity index (χ3n) is 4.88. The summed E-state index contributed by atoms with van der Waals surface area (Å²) in [5, 5.41) is 15.2. The van der Waals surface area contributed by atoms with Crippen molar-refractivity contribution in [2.45, 2.75) is 39.3 Å². The minimum atomic E-state index is -1.12. The predicted molar refractivity (Wildman–Crippen MR) is 100 cm³/mol. The molecule has 2 amide bonds. The average molecular weight is 374 g/mol. The topological polar surface area (TPSA) is 94.6 Å². The van der Waals surface area contributed by atoms with Crippen LogP contribution in [0, 0.1) is 12.7 Å². The lowest BCUT2D eigenvalue weighted by Crippen LogP contribution is -2.36. The molecule has 2 aromatic rings. The number of amides is 2. The third kappa shape index (κ3) is 3.94. The number of carbonyl (C=O) groups excluding carboxylic acids is 1. The molecule has 1 aromatic carbocycles. The Morgan fingerprint density at radius 1 is 1.41 bits per heavy atom. The Morgan fingerprint density at radius 3 is 2.81 bits per heavy atom. The Bertz CT molecular complexity index is 902. The standard InChI is InChI=1S/C19H23FN4O3/c1-10-16(20)5-4-13-8-15(11(2)21-19(26)27)18(23-17(10)13)24-7-6-14(9-24)22-12(3)25/h4-5,8,11,14,21H,6-7,9H2,1-3H3,(H,22,25)(H,26,27). The van der Waals surface area contributed by atoms with E-state index < -0.39 is 12.1 Å². The molecule has 27 heavy (non-hydrogen) atoms. The molecule has 8 heteroatoms. The van der Waals surface area contributed by atoms with Crippen molar-refractivity contribution in [1.82, 2.24) is 15.6 Å². The molecule has 1 aliphatic heterocycles. The normalized spacial score (nSPS) is 17.8. The molecule has 3 rings (SSSR count). The first-order chi connectivity index (χ1) is 12.8. The number of benzene rings is 1. The van der Waals surface area contributed by atoms with Gasteiger partial charge in [-0.2, -0.15) is 0 Å². The largest absolute Gasteiger partial charge is 0.465 e. The van der Waals surface area contributed by atoms with E-state index in [2.05, 4.69) is 10.6 Å². The number of nitrogens with one attached hydrogen (secondary N) is 2. The first-order valence-electron chi connectivity index (χ1n) is 8.87. The van der Waals surface area contributed by atoms with Crippen LogP contribution in [0.15, 0.2) is 18.2 Å². The van der Waals surface area contributed by atoms with Gasteiger partial charge >= 0.3 is 6.09 Å². The monoisotopic (exact) mass is 374 g/mol.